The molecular weight excluding hydrogens is 514 g/mol. The molecule has 3 N–H and O–H groups in total. The van der Waals surface area contributed by atoms with E-state index in [0.29, 0.717) is 33.5 Å². The Morgan fingerprint density at radius 3 is 2.54 bits per heavy atom. The first kappa shape index (κ1) is 26.5. The monoisotopic (exact) mass is 543 g/mol. The fourth-order valence-corrected chi connectivity index (χ4v) is 4.88. The lowest BCUT2D eigenvalue weighted by molar-refractivity contribution is 0.0906. The number of nitrogens with one attached hydrogen (secondary N) is 2. The van der Waals surface area contributed by atoms with Crippen LogP contribution in [0.15, 0.2) is 79.1 Å². The van der Waals surface area contributed by atoms with E-state index in [0.717, 1.165) is 38.0 Å². The summed E-state index contributed by atoms with van der Waals surface area (Å²) >= 11 is 6.58. The van der Waals surface area contributed by atoms with Crippen LogP contribution in [0.25, 0.3) is 11.3 Å². The summed E-state index contributed by atoms with van der Waals surface area (Å²) in [5.74, 6) is 0.848. The molecule has 200 valence electrons. The third-order valence-corrected chi connectivity index (χ3v) is 7.08. The van der Waals surface area contributed by atoms with E-state index in [1.807, 2.05) is 6.07 Å². The number of likely N-dealkylation sites (tertiary alicyclic amines) is 1. The highest BCUT2D eigenvalue weighted by molar-refractivity contribution is 6.33. The van der Waals surface area contributed by atoms with Crippen molar-refractivity contribution in [3.63, 3.8) is 0 Å². The van der Waals surface area contributed by atoms with Crippen LogP contribution in [-0.2, 0) is 6.54 Å². The number of phenolic OH excluding ortho intramolecular Hbond substituents is 1. The van der Waals surface area contributed by atoms with E-state index in [2.05, 4.69) is 49.8 Å². The van der Waals surface area contributed by atoms with Crippen molar-refractivity contribution in [1.82, 2.24) is 20.2 Å². The molecule has 1 aromatic heterocycles. The molecule has 0 atom stereocenters. The summed E-state index contributed by atoms with van der Waals surface area (Å²) < 4.78 is 5.55. The highest BCUT2D eigenvalue weighted by Gasteiger charge is 2.23. The first-order valence-corrected chi connectivity index (χ1v) is 13.2. The zero-order valence-corrected chi connectivity index (χ0v) is 22.4. The quantitative estimate of drug-likeness (QED) is 0.264. The van der Waals surface area contributed by atoms with Crippen molar-refractivity contribution in [2.24, 2.45) is 0 Å². The molecule has 3 aromatic carbocycles. The molecule has 0 unspecified atom stereocenters. The topological polar surface area (TPSA) is 99.6 Å². The van der Waals surface area contributed by atoms with Gasteiger partial charge in [0.15, 0.2) is 0 Å². The number of aromatic nitrogens is 2. The fraction of sp³-hybridized carbons (Fsp3) is 0.233. The Labute approximate surface area is 232 Å². The van der Waals surface area contributed by atoms with Crippen LogP contribution < -0.4 is 15.4 Å². The number of carbonyl (C=O) groups is 1. The predicted octanol–water partition coefficient (Wildman–Crippen LogP) is 5.65. The van der Waals surface area contributed by atoms with Crippen LogP contribution in [0.3, 0.4) is 0 Å². The second kappa shape index (κ2) is 12.1. The molecule has 5 rings (SSSR count). The van der Waals surface area contributed by atoms with E-state index in [-0.39, 0.29) is 17.7 Å². The Kier molecular flexibility index (Phi) is 8.24. The molecule has 0 bridgehead atoms. The number of anilines is 2. The minimum Gasteiger partial charge on any atom is -0.508 e. The van der Waals surface area contributed by atoms with E-state index in [9.17, 15) is 9.90 Å². The first-order valence-electron chi connectivity index (χ1n) is 12.8. The van der Waals surface area contributed by atoms with Crippen molar-refractivity contribution in [3.05, 3.63) is 95.3 Å². The summed E-state index contributed by atoms with van der Waals surface area (Å²) in [4.78, 5) is 24.5. The number of piperidine rings is 1. The molecule has 2 heterocycles. The van der Waals surface area contributed by atoms with E-state index in [4.69, 9.17) is 16.3 Å². The number of rotatable bonds is 8. The van der Waals surface area contributed by atoms with Gasteiger partial charge in [-0.2, -0.15) is 0 Å². The smallest absolute Gasteiger partial charge is 0.255 e. The molecule has 9 heteroatoms. The van der Waals surface area contributed by atoms with E-state index in [1.165, 1.54) is 12.7 Å². The molecule has 1 fully saturated rings. The maximum absolute atomic E-state index is 13.2. The van der Waals surface area contributed by atoms with Crippen LogP contribution in [0.2, 0.25) is 5.02 Å². The normalized spacial score (nSPS) is 14.1. The number of amides is 1. The molecule has 0 saturated carbocycles. The van der Waals surface area contributed by atoms with Crippen LogP contribution in [0.1, 0.15) is 28.8 Å². The number of nitrogens with zero attached hydrogens (tertiary/aromatic N) is 3. The Morgan fingerprint density at radius 1 is 1.08 bits per heavy atom. The summed E-state index contributed by atoms with van der Waals surface area (Å²) in [6, 6.07) is 20.5. The zero-order valence-electron chi connectivity index (χ0n) is 21.6. The number of hydrogen-bond donors (Lipinski definition) is 3. The van der Waals surface area contributed by atoms with Gasteiger partial charge >= 0.3 is 0 Å². The first-order chi connectivity index (χ1) is 19.0. The van der Waals surface area contributed by atoms with Crippen molar-refractivity contribution < 1.29 is 14.6 Å². The van der Waals surface area contributed by atoms with E-state index < -0.39 is 0 Å². The Balaban J connectivity index is 1.23. The second-order valence-electron chi connectivity index (χ2n) is 9.50. The van der Waals surface area contributed by atoms with Gasteiger partial charge < -0.3 is 20.5 Å². The van der Waals surface area contributed by atoms with Gasteiger partial charge in [0.25, 0.3) is 5.91 Å². The number of methoxy groups -OCH3 is 1. The number of ether oxygens (including phenoxy) is 1. The molecule has 1 aliphatic rings. The molecule has 4 aromatic rings. The zero-order chi connectivity index (χ0) is 27.2. The Bertz CT molecular complexity index is 1420. The maximum atomic E-state index is 13.2. The molecular formula is C30H30ClN5O3. The molecule has 1 saturated heterocycles. The van der Waals surface area contributed by atoms with Gasteiger partial charge in [0.2, 0.25) is 0 Å². The van der Waals surface area contributed by atoms with Crippen LogP contribution in [-0.4, -0.2) is 52.1 Å². The molecule has 1 amide bonds. The average molecular weight is 544 g/mol. The molecule has 8 nitrogen and oxygen atoms in total. The van der Waals surface area contributed by atoms with Crippen LogP contribution >= 0.6 is 11.6 Å². The highest BCUT2D eigenvalue weighted by Crippen LogP contribution is 2.33. The minimum atomic E-state index is -0.212. The lowest BCUT2D eigenvalue weighted by Gasteiger charge is -2.32. The maximum Gasteiger partial charge on any atom is 0.255 e. The van der Waals surface area contributed by atoms with Gasteiger partial charge in [0.05, 0.1) is 41.5 Å². The number of carbonyl (C=O) groups excluding carboxylic acids is 1. The lowest BCUT2D eigenvalue weighted by Crippen LogP contribution is -2.44. The van der Waals surface area contributed by atoms with Crippen molar-refractivity contribution >= 4 is 29.0 Å². The SMILES string of the molecule is COc1cc(Nc2cncc(-c3ccc(O)cc3)n2)c(Cl)cc1C(=O)NC1CCN(Cc2ccccc2)CC1. The van der Waals surface area contributed by atoms with Crippen molar-refractivity contribution in [2.45, 2.75) is 25.4 Å². The predicted molar refractivity (Wildman–Crippen MR) is 153 cm³/mol. The van der Waals surface area contributed by atoms with Crippen LogP contribution in [0.5, 0.6) is 11.5 Å². The molecule has 0 radical (unpaired) electrons. The van der Waals surface area contributed by atoms with Crippen molar-refractivity contribution in [2.75, 3.05) is 25.5 Å². The summed E-state index contributed by atoms with van der Waals surface area (Å²) in [5, 5.41) is 16.2. The second-order valence-corrected chi connectivity index (χ2v) is 9.91. The van der Waals surface area contributed by atoms with Gasteiger partial charge in [-0.1, -0.05) is 41.9 Å². The standard InChI is InChI=1S/C30H30ClN5O3/c1-39-28-16-26(34-29-18-32-17-27(35-29)21-7-9-23(37)10-8-21)25(31)15-24(28)30(38)33-22-11-13-36(14-12-22)19-20-5-3-2-4-6-20/h2-10,15-18,22,37H,11-14,19H2,1H3,(H,33,38)(H,34,35). The third-order valence-electron chi connectivity index (χ3n) is 6.77. The number of aromatic hydroxyl groups is 1. The Morgan fingerprint density at radius 2 is 1.82 bits per heavy atom. The molecule has 0 aliphatic carbocycles. The van der Waals surface area contributed by atoms with Gasteiger partial charge in [0, 0.05) is 37.3 Å². The fourth-order valence-electron chi connectivity index (χ4n) is 4.67. The molecule has 0 spiro atoms. The van der Waals surface area contributed by atoms with Gasteiger partial charge in [0.1, 0.15) is 17.3 Å². The minimum absolute atomic E-state index is 0.0868. The molecule has 1 aliphatic heterocycles. The largest absolute Gasteiger partial charge is 0.508 e. The lowest BCUT2D eigenvalue weighted by atomic mass is 10.0. The highest BCUT2D eigenvalue weighted by atomic mass is 35.5. The van der Waals surface area contributed by atoms with E-state index in [1.54, 1.807) is 48.8 Å². The summed E-state index contributed by atoms with van der Waals surface area (Å²) in [6.07, 6.45) is 4.98. The van der Waals surface area contributed by atoms with Crippen LogP contribution in [0.4, 0.5) is 11.5 Å². The number of halogens is 1. The summed E-state index contributed by atoms with van der Waals surface area (Å²) in [7, 11) is 1.52. The van der Waals surface area contributed by atoms with Crippen molar-refractivity contribution in [3.8, 4) is 22.8 Å². The van der Waals surface area contributed by atoms with Gasteiger partial charge in [-0.05, 0) is 48.7 Å². The summed E-state index contributed by atoms with van der Waals surface area (Å²) in [6.45, 7) is 2.76. The van der Waals surface area contributed by atoms with Gasteiger partial charge in [-0.25, -0.2) is 4.98 Å². The van der Waals surface area contributed by atoms with Crippen molar-refractivity contribution in [1.29, 1.82) is 0 Å². The number of phenols is 1. The van der Waals surface area contributed by atoms with E-state index >= 15 is 0 Å². The Hall–Kier alpha value is -4.14. The number of hydrogen-bond acceptors (Lipinski definition) is 7. The summed E-state index contributed by atoms with van der Waals surface area (Å²) in [5.41, 5.74) is 3.66. The van der Waals surface area contributed by atoms with Gasteiger partial charge in [-0.15, -0.1) is 0 Å². The average Bonchev–Trinajstić information content (AvgIpc) is 2.96. The molecule has 39 heavy (non-hydrogen) atoms. The third kappa shape index (κ3) is 6.66. The van der Waals surface area contributed by atoms with Gasteiger partial charge in [-0.3, -0.25) is 14.7 Å². The number of benzene rings is 3. The van der Waals surface area contributed by atoms with Crippen LogP contribution in [0, 0.1) is 0 Å².